The maximum absolute atomic E-state index is 13.3. The number of benzene rings is 2. The topological polar surface area (TPSA) is 67.9 Å². The third-order valence-electron chi connectivity index (χ3n) is 6.31. The zero-order valence-corrected chi connectivity index (χ0v) is 17.4. The van der Waals surface area contributed by atoms with Gasteiger partial charge in [-0.3, -0.25) is 9.59 Å². The van der Waals surface area contributed by atoms with Crippen LogP contribution >= 0.6 is 0 Å². The highest BCUT2D eigenvalue weighted by molar-refractivity contribution is 6.09. The molecule has 1 saturated heterocycles. The van der Waals surface area contributed by atoms with E-state index in [0.717, 1.165) is 29.8 Å². The zero-order valence-electron chi connectivity index (χ0n) is 17.4. The summed E-state index contributed by atoms with van der Waals surface area (Å²) in [7, 11) is 0. The van der Waals surface area contributed by atoms with Crippen LogP contribution in [-0.4, -0.2) is 42.0 Å². The van der Waals surface area contributed by atoms with Gasteiger partial charge in [-0.1, -0.05) is 24.3 Å². The second-order valence-corrected chi connectivity index (χ2v) is 8.93. The fourth-order valence-corrected chi connectivity index (χ4v) is 5.07. The van der Waals surface area contributed by atoms with Crippen LogP contribution in [0.3, 0.4) is 0 Å². The summed E-state index contributed by atoms with van der Waals surface area (Å²) in [6.45, 7) is 5.85. The van der Waals surface area contributed by atoms with Crippen molar-refractivity contribution in [1.29, 1.82) is 0 Å². The Labute approximate surface area is 176 Å². The monoisotopic (exact) mass is 406 g/mol. The number of ether oxygens (including phenoxy) is 2. The Kier molecular flexibility index (Phi) is 4.27. The molecule has 1 unspecified atom stereocenters. The lowest BCUT2D eigenvalue weighted by atomic mass is 9.67. The van der Waals surface area contributed by atoms with E-state index in [4.69, 9.17) is 9.47 Å². The third kappa shape index (κ3) is 2.93. The first-order valence-corrected chi connectivity index (χ1v) is 10.5. The summed E-state index contributed by atoms with van der Waals surface area (Å²) in [6.07, 6.45) is 2.12. The van der Waals surface area contributed by atoms with E-state index >= 15 is 0 Å². The van der Waals surface area contributed by atoms with Gasteiger partial charge < -0.3 is 19.7 Å². The molecule has 0 bridgehead atoms. The molecular formula is C24H26N2O4. The number of hydrogen-bond acceptors (Lipinski definition) is 4. The van der Waals surface area contributed by atoms with E-state index in [1.165, 1.54) is 0 Å². The fraction of sp³-hybridized carbons (Fsp3) is 0.417. The predicted molar refractivity (Wildman–Crippen MR) is 113 cm³/mol. The Balaban J connectivity index is 1.46. The normalized spacial score (nSPS) is 23.7. The van der Waals surface area contributed by atoms with Gasteiger partial charge in [-0.25, -0.2) is 0 Å². The second-order valence-electron chi connectivity index (χ2n) is 8.93. The predicted octanol–water partition coefficient (Wildman–Crippen LogP) is 3.49. The van der Waals surface area contributed by atoms with Crippen LogP contribution in [0, 0.1) is 0 Å². The Morgan fingerprint density at radius 2 is 1.97 bits per heavy atom. The minimum Gasteiger partial charge on any atom is -0.492 e. The number of hydrogen-bond donors (Lipinski definition) is 1. The van der Waals surface area contributed by atoms with Crippen LogP contribution in [-0.2, 0) is 15.0 Å². The average molecular weight is 406 g/mol. The van der Waals surface area contributed by atoms with Gasteiger partial charge >= 0.3 is 0 Å². The summed E-state index contributed by atoms with van der Waals surface area (Å²) in [4.78, 5) is 26.9. The molecule has 1 fully saturated rings. The van der Waals surface area contributed by atoms with Gasteiger partial charge in [-0.05, 0) is 38.0 Å². The molecular weight excluding hydrogens is 380 g/mol. The van der Waals surface area contributed by atoms with Crippen LogP contribution in [0.25, 0.3) is 0 Å². The first-order valence-electron chi connectivity index (χ1n) is 10.5. The highest BCUT2D eigenvalue weighted by Crippen LogP contribution is 2.54. The number of carbonyl (C=O) groups excluding carboxylic acids is 2. The van der Waals surface area contributed by atoms with Crippen molar-refractivity contribution in [1.82, 2.24) is 4.90 Å². The van der Waals surface area contributed by atoms with Crippen LogP contribution in [0.1, 0.15) is 44.2 Å². The van der Waals surface area contributed by atoms with Gasteiger partial charge in [-0.2, -0.15) is 0 Å². The molecule has 5 rings (SSSR count). The van der Waals surface area contributed by atoms with E-state index in [1.807, 2.05) is 61.2 Å². The maximum atomic E-state index is 13.3. The van der Waals surface area contributed by atoms with Gasteiger partial charge in [0, 0.05) is 36.7 Å². The molecule has 3 aliphatic heterocycles. The number of anilines is 1. The van der Waals surface area contributed by atoms with E-state index in [-0.39, 0.29) is 11.8 Å². The Bertz CT molecular complexity index is 1030. The molecule has 3 heterocycles. The first-order chi connectivity index (χ1) is 14.4. The summed E-state index contributed by atoms with van der Waals surface area (Å²) in [5.74, 6) is 1.54. The average Bonchev–Trinajstić information content (AvgIpc) is 3.22. The number of nitrogens with one attached hydrogen (secondary N) is 1. The smallest absolute Gasteiger partial charge is 0.239 e. The molecule has 1 spiro atoms. The van der Waals surface area contributed by atoms with Crippen molar-refractivity contribution in [2.24, 2.45) is 0 Å². The van der Waals surface area contributed by atoms with Crippen molar-refractivity contribution in [2.45, 2.75) is 44.1 Å². The molecule has 2 amide bonds. The molecule has 6 heteroatoms. The lowest BCUT2D eigenvalue weighted by Crippen LogP contribution is -2.48. The van der Waals surface area contributed by atoms with Gasteiger partial charge in [0.05, 0.1) is 6.54 Å². The van der Waals surface area contributed by atoms with Crippen LogP contribution < -0.4 is 14.8 Å². The first kappa shape index (κ1) is 19.0. The molecule has 0 aliphatic carbocycles. The largest absolute Gasteiger partial charge is 0.492 e. The molecule has 2 aromatic rings. The van der Waals surface area contributed by atoms with E-state index < -0.39 is 11.0 Å². The Morgan fingerprint density at radius 1 is 1.13 bits per heavy atom. The molecule has 156 valence electrons. The molecule has 30 heavy (non-hydrogen) atoms. The van der Waals surface area contributed by atoms with Crippen molar-refractivity contribution < 1.29 is 19.1 Å². The quantitative estimate of drug-likeness (QED) is 0.844. The van der Waals surface area contributed by atoms with Crippen molar-refractivity contribution in [3.05, 3.63) is 53.6 Å². The van der Waals surface area contributed by atoms with E-state index in [2.05, 4.69) is 5.32 Å². The number of likely N-dealkylation sites (tertiary alicyclic amines) is 1. The van der Waals surface area contributed by atoms with Crippen LogP contribution in [0.4, 0.5) is 5.69 Å². The minimum absolute atomic E-state index is 0.0115. The maximum Gasteiger partial charge on any atom is 0.239 e. The van der Waals surface area contributed by atoms with Crippen LogP contribution in [0.5, 0.6) is 11.5 Å². The van der Waals surface area contributed by atoms with E-state index in [0.29, 0.717) is 37.5 Å². The van der Waals surface area contributed by atoms with Crippen LogP contribution in [0.15, 0.2) is 42.5 Å². The molecule has 2 aromatic carbocycles. The van der Waals surface area contributed by atoms with Gasteiger partial charge in [-0.15, -0.1) is 0 Å². The molecule has 6 nitrogen and oxygen atoms in total. The minimum atomic E-state index is -0.770. The van der Waals surface area contributed by atoms with E-state index in [9.17, 15) is 9.59 Å². The van der Waals surface area contributed by atoms with Crippen molar-refractivity contribution in [3.63, 3.8) is 0 Å². The zero-order chi connectivity index (χ0) is 20.9. The van der Waals surface area contributed by atoms with E-state index in [1.54, 1.807) is 0 Å². The van der Waals surface area contributed by atoms with Gasteiger partial charge in [0.1, 0.15) is 29.1 Å². The third-order valence-corrected chi connectivity index (χ3v) is 6.31. The lowest BCUT2D eigenvalue weighted by molar-refractivity contribution is -0.128. The lowest BCUT2D eigenvalue weighted by Gasteiger charge is -2.43. The highest BCUT2D eigenvalue weighted by Gasteiger charge is 2.55. The SMILES string of the molecule is CC1(C)CC2(C(=O)Nc3ccccc32)c2ccc(OCCN3CCCC3=O)cc2O1. The number of para-hydroxylation sites is 1. The molecule has 3 aliphatic rings. The summed E-state index contributed by atoms with van der Waals surface area (Å²) in [5.41, 5.74) is 1.44. The van der Waals surface area contributed by atoms with Gasteiger partial charge in [0.15, 0.2) is 0 Å². The fourth-order valence-electron chi connectivity index (χ4n) is 5.07. The molecule has 1 atom stereocenters. The molecule has 0 saturated carbocycles. The number of amides is 2. The Morgan fingerprint density at radius 3 is 2.77 bits per heavy atom. The Hall–Kier alpha value is -3.02. The highest BCUT2D eigenvalue weighted by atomic mass is 16.5. The second kappa shape index (κ2) is 6.76. The summed E-state index contributed by atoms with van der Waals surface area (Å²) >= 11 is 0. The number of carbonyl (C=O) groups is 2. The number of nitrogens with zero attached hydrogens (tertiary/aromatic N) is 1. The van der Waals surface area contributed by atoms with Crippen molar-refractivity contribution in [3.8, 4) is 11.5 Å². The standard InChI is InChI=1S/C24H26N2O4/c1-23(2)15-24(17-6-3-4-7-19(17)25-22(24)28)18-10-9-16(14-20(18)30-23)29-13-12-26-11-5-8-21(26)27/h3-4,6-7,9-10,14H,5,8,11-13,15H2,1-2H3,(H,25,28). The molecule has 0 aromatic heterocycles. The molecule has 1 N–H and O–H groups in total. The number of fused-ring (bicyclic) bond motifs is 4. The summed E-state index contributed by atoms with van der Waals surface area (Å²) in [5, 5.41) is 3.06. The van der Waals surface area contributed by atoms with Crippen molar-refractivity contribution in [2.75, 3.05) is 25.0 Å². The van der Waals surface area contributed by atoms with Gasteiger partial charge in [0.25, 0.3) is 0 Å². The van der Waals surface area contributed by atoms with Crippen molar-refractivity contribution >= 4 is 17.5 Å². The number of rotatable bonds is 4. The molecule has 0 radical (unpaired) electrons. The summed E-state index contributed by atoms with van der Waals surface area (Å²) < 4.78 is 12.2. The summed E-state index contributed by atoms with van der Waals surface area (Å²) in [6, 6.07) is 13.6. The van der Waals surface area contributed by atoms with Gasteiger partial charge in [0.2, 0.25) is 11.8 Å². The van der Waals surface area contributed by atoms with Crippen LogP contribution in [0.2, 0.25) is 0 Å².